The smallest absolute Gasteiger partial charge is 0.166 e. The van der Waals surface area contributed by atoms with Gasteiger partial charge in [0.05, 0.1) is 5.56 Å². The van der Waals surface area contributed by atoms with Crippen LogP contribution in [0.1, 0.15) is 17.2 Å². The minimum atomic E-state index is -0.0318. The quantitative estimate of drug-likeness (QED) is 0.566. The first-order chi connectivity index (χ1) is 7.59. The number of amidine groups is 1. The van der Waals surface area contributed by atoms with Crippen molar-refractivity contribution in [3.05, 3.63) is 35.5 Å². The lowest BCUT2D eigenvalue weighted by Crippen LogP contribution is -2.16. The van der Waals surface area contributed by atoms with Crippen molar-refractivity contribution in [3.8, 4) is 5.82 Å². The van der Waals surface area contributed by atoms with Crippen molar-refractivity contribution < 1.29 is 0 Å². The number of aryl methyl sites for hydroxylation is 2. The van der Waals surface area contributed by atoms with Gasteiger partial charge in [0, 0.05) is 6.20 Å². The molecule has 2 rings (SSSR count). The van der Waals surface area contributed by atoms with Crippen molar-refractivity contribution in [2.75, 3.05) is 0 Å². The molecule has 0 aromatic carbocycles. The fraction of sp³-hybridized carbons (Fsp3) is 0.200. The third-order valence-electron chi connectivity index (χ3n) is 2.15. The van der Waals surface area contributed by atoms with Gasteiger partial charge in [0.25, 0.3) is 0 Å². The van der Waals surface area contributed by atoms with Gasteiger partial charge in [-0.05, 0) is 26.0 Å². The normalized spacial score (nSPS) is 10.4. The molecule has 0 bridgehead atoms. The van der Waals surface area contributed by atoms with Crippen LogP contribution in [0.4, 0.5) is 0 Å². The summed E-state index contributed by atoms with van der Waals surface area (Å²) in [6.07, 6.45) is 1.64. The Hall–Kier alpha value is -2.24. The Kier molecular flexibility index (Phi) is 2.40. The minimum absolute atomic E-state index is 0.0318. The number of nitrogens with one attached hydrogen (secondary N) is 1. The molecular weight excluding hydrogens is 204 g/mol. The van der Waals surface area contributed by atoms with Crippen molar-refractivity contribution >= 4 is 5.84 Å². The predicted molar refractivity (Wildman–Crippen MR) is 59.6 cm³/mol. The Labute approximate surface area is 92.7 Å². The van der Waals surface area contributed by atoms with E-state index in [4.69, 9.17) is 11.1 Å². The molecule has 0 aliphatic heterocycles. The van der Waals surface area contributed by atoms with Crippen LogP contribution in [-0.2, 0) is 0 Å². The molecule has 16 heavy (non-hydrogen) atoms. The molecule has 0 fully saturated rings. The molecular formula is C10H12N6. The highest BCUT2D eigenvalue weighted by molar-refractivity contribution is 5.97. The summed E-state index contributed by atoms with van der Waals surface area (Å²) in [5.74, 6) is 1.89. The topological polar surface area (TPSA) is 93.5 Å². The van der Waals surface area contributed by atoms with E-state index in [0.717, 1.165) is 5.82 Å². The van der Waals surface area contributed by atoms with Gasteiger partial charge in [-0.3, -0.25) is 5.41 Å². The fourth-order valence-electron chi connectivity index (χ4n) is 1.50. The lowest BCUT2D eigenvalue weighted by atomic mass is 10.2. The Bertz CT molecular complexity index is 542. The van der Waals surface area contributed by atoms with E-state index in [1.165, 1.54) is 0 Å². The second-order valence-corrected chi connectivity index (χ2v) is 3.41. The van der Waals surface area contributed by atoms with Gasteiger partial charge in [-0.2, -0.15) is 4.68 Å². The fourth-order valence-corrected chi connectivity index (χ4v) is 1.50. The zero-order valence-corrected chi connectivity index (χ0v) is 9.10. The molecule has 2 aromatic rings. The van der Waals surface area contributed by atoms with Gasteiger partial charge >= 0.3 is 0 Å². The standard InChI is InChI=1S/C10H12N6/c1-6-14-7(2)16(15-6)10-8(9(11)12)4-3-5-13-10/h3-5H,1-2H3,(H3,11,12). The maximum Gasteiger partial charge on any atom is 0.166 e. The summed E-state index contributed by atoms with van der Waals surface area (Å²) in [6, 6.07) is 3.47. The molecule has 2 aromatic heterocycles. The van der Waals surface area contributed by atoms with E-state index < -0.39 is 0 Å². The first-order valence-corrected chi connectivity index (χ1v) is 4.79. The average Bonchev–Trinajstić information content (AvgIpc) is 2.57. The molecule has 0 spiro atoms. The zero-order valence-electron chi connectivity index (χ0n) is 9.10. The molecule has 0 amide bonds. The molecule has 82 valence electrons. The molecule has 0 aliphatic rings. The summed E-state index contributed by atoms with van der Waals surface area (Å²) < 4.78 is 1.59. The van der Waals surface area contributed by atoms with Crippen LogP contribution in [0.5, 0.6) is 0 Å². The van der Waals surface area contributed by atoms with Gasteiger partial charge < -0.3 is 5.73 Å². The van der Waals surface area contributed by atoms with Crippen molar-refractivity contribution in [2.45, 2.75) is 13.8 Å². The van der Waals surface area contributed by atoms with E-state index in [0.29, 0.717) is 17.2 Å². The van der Waals surface area contributed by atoms with Gasteiger partial charge in [-0.1, -0.05) is 0 Å². The Morgan fingerprint density at radius 2 is 2.19 bits per heavy atom. The summed E-state index contributed by atoms with van der Waals surface area (Å²) >= 11 is 0. The minimum Gasteiger partial charge on any atom is -0.384 e. The summed E-state index contributed by atoms with van der Waals surface area (Å²) in [5, 5.41) is 11.7. The van der Waals surface area contributed by atoms with E-state index in [-0.39, 0.29) is 5.84 Å². The van der Waals surface area contributed by atoms with E-state index in [9.17, 15) is 0 Å². The van der Waals surface area contributed by atoms with E-state index in [2.05, 4.69) is 15.1 Å². The van der Waals surface area contributed by atoms with Gasteiger partial charge in [0.15, 0.2) is 5.82 Å². The van der Waals surface area contributed by atoms with Gasteiger partial charge in [-0.25, -0.2) is 9.97 Å². The van der Waals surface area contributed by atoms with Crippen LogP contribution in [0.25, 0.3) is 5.82 Å². The molecule has 0 radical (unpaired) electrons. The number of nitrogen functional groups attached to an aromatic ring is 1. The third-order valence-corrected chi connectivity index (χ3v) is 2.15. The molecule has 0 aliphatic carbocycles. The van der Waals surface area contributed by atoms with Crippen LogP contribution >= 0.6 is 0 Å². The van der Waals surface area contributed by atoms with Crippen LogP contribution in [0.15, 0.2) is 18.3 Å². The van der Waals surface area contributed by atoms with E-state index in [1.807, 2.05) is 6.92 Å². The number of hydrogen-bond acceptors (Lipinski definition) is 4. The van der Waals surface area contributed by atoms with Crippen LogP contribution in [0, 0.1) is 19.3 Å². The predicted octanol–water partition coefficient (Wildman–Crippen LogP) is 0.563. The maximum atomic E-state index is 7.48. The van der Waals surface area contributed by atoms with Gasteiger partial charge in [-0.15, -0.1) is 5.10 Å². The van der Waals surface area contributed by atoms with Crippen LogP contribution in [0.3, 0.4) is 0 Å². The van der Waals surface area contributed by atoms with Crippen molar-refractivity contribution in [3.63, 3.8) is 0 Å². The largest absolute Gasteiger partial charge is 0.384 e. The Morgan fingerprint density at radius 1 is 1.44 bits per heavy atom. The van der Waals surface area contributed by atoms with Crippen molar-refractivity contribution in [1.82, 2.24) is 19.7 Å². The van der Waals surface area contributed by atoms with E-state index in [1.54, 1.807) is 29.9 Å². The summed E-state index contributed by atoms with van der Waals surface area (Å²) in [6.45, 7) is 3.64. The molecule has 3 N–H and O–H groups in total. The monoisotopic (exact) mass is 216 g/mol. The Balaban J connectivity index is 2.64. The SMILES string of the molecule is Cc1nc(C)n(-c2ncccc2C(=N)N)n1. The maximum absolute atomic E-state index is 7.48. The Morgan fingerprint density at radius 3 is 2.75 bits per heavy atom. The molecule has 6 nitrogen and oxygen atoms in total. The highest BCUT2D eigenvalue weighted by Gasteiger charge is 2.12. The van der Waals surface area contributed by atoms with E-state index >= 15 is 0 Å². The molecule has 0 saturated heterocycles. The summed E-state index contributed by atoms with van der Waals surface area (Å²) in [4.78, 5) is 8.37. The second-order valence-electron chi connectivity index (χ2n) is 3.41. The molecule has 0 saturated carbocycles. The van der Waals surface area contributed by atoms with Crippen LogP contribution in [-0.4, -0.2) is 25.6 Å². The van der Waals surface area contributed by atoms with Gasteiger partial charge in [0.1, 0.15) is 17.5 Å². The molecule has 2 heterocycles. The molecule has 0 atom stereocenters. The highest BCUT2D eigenvalue weighted by Crippen LogP contribution is 2.11. The molecule has 6 heteroatoms. The first-order valence-electron chi connectivity index (χ1n) is 4.79. The van der Waals surface area contributed by atoms with Crippen molar-refractivity contribution in [2.24, 2.45) is 5.73 Å². The van der Waals surface area contributed by atoms with Crippen molar-refractivity contribution in [1.29, 1.82) is 5.41 Å². The first kappa shape index (κ1) is 10.3. The highest BCUT2D eigenvalue weighted by atomic mass is 15.4. The molecule has 0 unspecified atom stereocenters. The average molecular weight is 216 g/mol. The van der Waals surface area contributed by atoms with Gasteiger partial charge in [0.2, 0.25) is 0 Å². The summed E-state index contributed by atoms with van der Waals surface area (Å²) in [7, 11) is 0. The third kappa shape index (κ3) is 1.65. The summed E-state index contributed by atoms with van der Waals surface area (Å²) in [5.41, 5.74) is 6.04. The lowest BCUT2D eigenvalue weighted by Gasteiger charge is -2.06. The number of nitrogens with two attached hydrogens (primary N) is 1. The number of pyridine rings is 1. The van der Waals surface area contributed by atoms with Crippen LogP contribution < -0.4 is 5.73 Å². The second kappa shape index (κ2) is 3.73. The number of rotatable bonds is 2. The zero-order chi connectivity index (χ0) is 11.7. The number of hydrogen-bond donors (Lipinski definition) is 2. The number of nitrogens with zero attached hydrogens (tertiary/aromatic N) is 4. The van der Waals surface area contributed by atoms with Crippen LogP contribution in [0.2, 0.25) is 0 Å². The number of aromatic nitrogens is 4. The lowest BCUT2D eigenvalue weighted by molar-refractivity contribution is 0.801.